The molecule has 1 aromatic carbocycles. The number of carbonyl (C=O) groups excluding carboxylic acids is 1. The third-order valence-electron chi connectivity index (χ3n) is 2.89. The number of aromatic nitrogens is 1. The number of phenols is 1. The Morgan fingerprint density at radius 1 is 1.32 bits per heavy atom. The molecule has 5 nitrogen and oxygen atoms in total. The Hall–Kier alpha value is -2.69. The summed E-state index contributed by atoms with van der Waals surface area (Å²) in [6, 6.07) is 8.44. The van der Waals surface area contributed by atoms with Crippen molar-refractivity contribution in [2.24, 2.45) is 0 Å². The van der Waals surface area contributed by atoms with E-state index in [-0.39, 0.29) is 11.7 Å². The molecule has 3 rings (SSSR count). The average molecular weight is 256 g/mol. The van der Waals surface area contributed by atoms with Gasteiger partial charge in [0.2, 0.25) is 0 Å². The number of aromatic hydroxyl groups is 1. The molecule has 0 radical (unpaired) electrons. The summed E-state index contributed by atoms with van der Waals surface area (Å²) in [5.74, 6) is -0.283. The van der Waals surface area contributed by atoms with Gasteiger partial charge in [-0.1, -0.05) is 6.07 Å². The molecule has 0 atom stereocenters. The van der Waals surface area contributed by atoms with Crippen LogP contribution >= 0.6 is 0 Å². The number of benzene rings is 1. The first kappa shape index (κ1) is 11.4. The fourth-order valence-electron chi connectivity index (χ4n) is 1.91. The molecule has 3 N–H and O–H groups in total. The lowest BCUT2D eigenvalue weighted by molar-refractivity contribution is 0.102. The van der Waals surface area contributed by atoms with Gasteiger partial charge in [0.15, 0.2) is 5.58 Å². The molecule has 1 amide bonds. The fraction of sp³-hybridized carbons (Fsp3) is 0.0714. The van der Waals surface area contributed by atoms with Crippen molar-refractivity contribution >= 4 is 22.7 Å². The summed E-state index contributed by atoms with van der Waals surface area (Å²) < 4.78 is 5.18. The lowest BCUT2D eigenvalue weighted by atomic mass is 10.2. The molecule has 0 aliphatic rings. The van der Waals surface area contributed by atoms with Crippen LogP contribution in [0.1, 0.15) is 16.1 Å². The SMILES string of the molecule is Cc1ccc(NC(=O)c2cc3occc3[nH]2)c(O)c1. The maximum absolute atomic E-state index is 12.0. The first-order valence-corrected chi connectivity index (χ1v) is 5.80. The van der Waals surface area contributed by atoms with E-state index >= 15 is 0 Å². The molecule has 0 bridgehead atoms. The van der Waals surface area contributed by atoms with Gasteiger partial charge in [-0.15, -0.1) is 0 Å². The molecule has 0 saturated carbocycles. The zero-order valence-electron chi connectivity index (χ0n) is 10.2. The molecule has 3 aromatic rings. The van der Waals surface area contributed by atoms with Crippen molar-refractivity contribution in [2.75, 3.05) is 5.32 Å². The summed E-state index contributed by atoms with van der Waals surface area (Å²) in [7, 11) is 0. The molecular formula is C14H12N2O3. The van der Waals surface area contributed by atoms with Gasteiger partial charge in [0.05, 0.1) is 17.5 Å². The predicted octanol–water partition coefficient (Wildman–Crippen LogP) is 3.03. The maximum Gasteiger partial charge on any atom is 0.272 e. The van der Waals surface area contributed by atoms with E-state index in [9.17, 15) is 9.90 Å². The Labute approximate surface area is 108 Å². The molecule has 2 aromatic heterocycles. The van der Waals surface area contributed by atoms with E-state index in [0.29, 0.717) is 17.0 Å². The fourth-order valence-corrected chi connectivity index (χ4v) is 1.91. The smallest absolute Gasteiger partial charge is 0.272 e. The van der Waals surface area contributed by atoms with Gasteiger partial charge in [-0.05, 0) is 24.6 Å². The van der Waals surface area contributed by atoms with Crippen LogP contribution in [0.3, 0.4) is 0 Å². The quantitative estimate of drug-likeness (QED) is 0.617. The Morgan fingerprint density at radius 2 is 2.16 bits per heavy atom. The largest absolute Gasteiger partial charge is 0.506 e. The highest BCUT2D eigenvalue weighted by Crippen LogP contribution is 2.25. The third-order valence-corrected chi connectivity index (χ3v) is 2.89. The topological polar surface area (TPSA) is 78.3 Å². The van der Waals surface area contributed by atoms with Crippen LogP contribution in [0.2, 0.25) is 0 Å². The molecule has 0 fully saturated rings. The van der Waals surface area contributed by atoms with Gasteiger partial charge in [-0.3, -0.25) is 4.79 Å². The molecular weight excluding hydrogens is 244 g/mol. The number of rotatable bonds is 2. The van der Waals surface area contributed by atoms with E-state index in [2.05, 4.69) is 10.3 Å². The highest BCUT2D eigenvalue weighted by Gasteiger charge is 2.12. The number of aromatic amines is 1. The standard InChI is InChI=1S/C14H12N2O3/c1-8-2-3-9(12(17)6-8)16-14(18)11-7-13-10(15-11)4-5-19-13/h2-7,15,17H,1H3,(H,16,18). The van der Waals surface area contributed by atoms with Crippen molar-refractivity contribution < 1.29 is 14.3 Å². The van der Waals surface area contributed by atoms with Gasteiger partial charge in [-0.25, -0.2) is 0 Å². The number of anilines is 1. The Balaban J connectivity index is 1.86. The van der Waals surface area contributed by atoms with Crippen LogP contribution in [0, 0.1) is 6.92 Å². The number of nitrogens with one attached hydrogen (secondary N) is 2. The summed E-state index contributed by atoms with van der Waals surface area (Å²) in [4.78, 5) is 15.0. The van der Waals surface area contributed by atoms with E-state index in [1.165, 1.54) is 0 Å². The molecule has 0 unspecified atom stereocenters. The molecule has 96 valence electrons. The van der Waals surface area contributed by atoms with Gasteiger partial charge in [0.25, 0.3) is 5.91 Å². The summed E-state index contributed by atoms with van der Waals surface area (Å²) in [5.41, 5.74) is 3.07. The Kier molecular flexibility index (Phi) is 2.52. The van der Waals surface area contributed by atoms with Crippen LogP contribution in [-0.4, -0.2) is 16.0 Å². The van der Waals surface area contributed by atoms with Crippen LogP contribution in [0.5, 0.6) is 5.75 Å². The van der Waals surface area contributed by atoms with Crippen LogP contribution < -0.4 is 5.32 Å². The second kappa shape index (κ2) is 4.20. The highest BCUT2D eigenvalue weighted by atomic mass is 16.3. The van der Waals surface area contributed by atoms with Gasteiger partial charge in [-0.2, -0.15) is 0 Å². The first-order valence-electron chi connectivity index (χ1n) is 5.80. The number of hydrogen-bond acceptors (Lipinski definition) is 3. The summed E-state index contributed by atoms with van der Waals surface area (Å²) in [6.45, 7) is 1.87. The minimum absolute atomic E-state index is 0.0450. The molecule has 19 heavy (non-hydrogen) atoms. The number of furan rings is 1. The minimum atomic E-state index is -0.328. The summed E-state index contributed by atoms with van der Waals surface area (Å²) in [5, 5.41) is 12.4. The van der Waals surface area contributed by atoms with E-state index in [1.54, 1.807) is 30.5 Å². The highest BCUT2D eigenvalue weighted by molar-refractivity contribution is 6.06. The number of hydrogen-bond donors (Lipinski definition) is 3. The molecule has 0 spiro atoms. The van der Waals surface area contributed by atoms with Gasteiger partial charge < -0.3 is 19.8 Å². The van der Waals surface area contributed by atoms with E-state index < -0.39 is 0 Å². The number of aryl methyl sites for hydroxylation is 1. The van der Waals surface area contributed by atoms with Crippen LogP contribution in [0.4, 0.5) is 5.69 Å². The number of amides is 1. The van der Waals surface area contributed by atoms with Crippen LogP contribution in [0.25, 0.3) is 11.1 Å². The van der Waals surface area contributed by atoms with Crippen molar-refractivity contribution in [1.82, 2.24) is 4.98 Å². The second-order valence-electron chi connectivity index (χ2n) is 4.36. The summed E-state index contributed by atoms with van der Waals surface area (Å²) >= 11 is 0. The molecule has 0 aliphatic carbocycles. The van der Waals surface area contributed by atoms with Crippen molar-refractivity contribution in [3.63, 3.8) is 0 Å². The van der Waals surface area contributed by atoms with E-state index in [4.69, 9.17) is 4.42 Å². The van der Waals surface area contributed by atoms with Gasteiger partial charge >= 0.3 is 0 Å². The lowest BCUT2D eigenvalue weighted by Crippen LogP contribution is -2.12. The zero-order valence-corrected chi connectivity index (χ0v) is 10.2. The molecule has 5 heteroatoms. The molecule has 0 aliphatic heterocycles. The molecule has 2 heterocycles. The number of fused-ring (bicyclic) bond motifs is 1. The predicted molar refractivity (Wildman–Crippen MR) is 71.4 cm³/mol. The van der Waals surface area contributed by atoms with Crippen LogP contribution in [-0.2, 0) is 0 Å². The van der Waals surface area contributed by atoms with Crippen molar-refractivity contribution in [3.8, 4) is 5.75 Å². The summed E-state index contributed by atoms with van der Waals surface area (Å²) in [6.07, 6.45) is 1.55. The Bertz CT molecular complexity index is 726. The molecule has 0 saturated heterocycles. The number of phenolic OH excluding ortho intramolecular Hbond substituents is 1. The number of H-pyrrole nitrogens is 1. The van der Waals surface area contributed by atoms with Gasteiger partial charge in [0.1, 0.15) is 11.4 Å². The minimum Gasteiger partial charge on any atom is -0.506 e. The Morgan fingerprint density at radius 3 is 2.89 bits per heavy atom. The van der Waals surface area contributed by atoms with Gasteiger partial charge in [0, 0.05) is 12.1 Å². The zero-order chi connectivity index (χ0) is 13.4. The lowest BCUT2D eigenvalue weighted by Gasteiger charge is -2.06. The van der Waals surface area contributed by atoms with Crippen molar-refractivity contribution in [3.05, 3.63) is 47.9 Å². The number of carbonyl (C=O) groups is 1. The second-order valence-corrected chi connectivity index (χ2v) is 4.36. The van der Waals surface area contributed by atoms with Crippen molar-refractivity contribution in [2.45, 2.75) is 6.92 Å². The van der Waals surface area contributed by atoms with Crippen molar-refractivity contribution in [1.29, 1.82) is 0 Å². The van der Waals surface area contributed by atoms with E-state index in [0.717, 1.165) is 11.1 Å². The third kappa shape index (κ3) is 2.06. The normalized spacial score (nSPS) is 10.8. The monoisotopic (exact) mass is 256 g/mol. The van der Waals surface area contributed by atoms with Crippen LogP contribution in [0.15, 0.2) is 41.0 Å². The first-order chi connectivity index (χ1) is 9.13. The van der Waals surface area contributed by atoms with E-state index in [1.807, 2.05) is 13.0 Å². The maximum atomic E-state index is 12.0. The average Bonchev–Trinajstić information content (AvgIpc) is 2.93.